The van der Waals surface area contributed by atoms with Gasteiger partial charge in [-0.05, 0) is 57.0 Å². The van der Waals surface area contributed by atoms with Gasteiger partial charge in [-0.15, -0.1) is 0 Å². The maximum Gasteiger partial charge on any atom is 0.261 e. The van der Waals surface area contributed by atoms with Crippen LogP contribution in [-0.4, -0.2) is 26.4 Å². The zero-order valence-electron chi connectivity index (χ0n) is 16.1. The molecular formula is C21H25N3O3S. The molecule has 1 heterocycles. The Morgan fingerprint density at radius 2 is 1.75 bits per heavy atom. The van der Waals surface area contributed by atoms with E-state index in [1.54, 1.807) is 36.4 Å². The highest BCUT2D eigenvalue weighted by Crippen LogP contribution is 2.39. The summed E-state index contributed by atoms with van der Waals surface area (Å²) in [4.78, 5) is 14.8. The Hall–Kier alpha value is -2.54. The van der Waals surface area contributed by atoms with E-state index in [4.69, 9.17) is 0 Å². The topological polar surface area (TPSA) is 78.5 Å². The second-order valence-electron chi connectivity index (χ2n) is 7.66. The minimum absolute atomic E-state index is 0.0209. The smallest absolute Gasteiger partial charge is 0.261 e. The van der Waals surface area contributed by atoms with Crippen LogP contribution < -0.4 is 14.9 Å². The lowest BCUT2D eigenvalue weighted by Gasteiger charge is -2.40. The van der Waals surface area contributed by atoms with Crippen molar-refractivity contribution in [2.75, 3.05) is 14.9 Å². The van der Waals surface area contributed by atoms with Gasteiger partial charge in [-0.3, -0.25) is 9.52 Å². The maximum absolute atomic E-state index is 12.7. The molecule has 1 fully saturated rings. The fourth-order valence-electron chi connectivity index (χ4n) is 4.11. The summed E-state index contributed by atoms with van der Waals surface area (Å²) in [6.07, 6.45) is 4.42. The van der Waals surface area contributed by atoms with Crippen LogP contribution in [0.15, 0.2) is 47.4 Å². The molecule has 1 amide bonds. The lowest BCUT2D eigenvalue weighted by molar-refractivity contribution is -0.117. The number of aryl methyl sites for hydroxylation is 1. The van der Waals surface area contributed by atoms with E-state index in [1.165, 1.54) is 0 Å². The molecule has 148 valence electrons. The fourth-order valence-corrected chi connectivity index (χ4v) is 5.16. The Labute approximate surface area is 166 Å². The zero-order chi connectivity index (χ0) is 19.9. The number of fused-ring (bicyclic) bond motifs is 1. The minimum atomic E-state index is -3.67. The number of hydrogen-bond acceptors (Lipinski definition) is 4. The van der Waals surface area contributed by atoms with Crippen molar-refractivity contribution in [3.8, 4) is 0 Å². The largest absolute Gasteiger partial charge is 0.355 e. The first-order valence-electron chi connectivity index (χ1n) is 9.68. The van der Waals surface area contributed by atoms with Gasteiger partial charge in [0.15, 0.2) is 0 Å². The van der Waals surface area contributed by atoms with Crippen LogP contribution in [0.4, 0.5) is 17.1 Å². The summed E-state index contributed by atoms with van der Waals surface area (Å²) in [6.45, 7) is 3.82. The Balaban J connectivity index is 1.67. The Morgan fingerprint density at radius 1 is 1.07 bits per heavy atom. The van der Waals surface area contributed by atoms with Crippen molar-refractivity contribution in [1.82, 2.24) is 0 Å². The Bertz CT molecular complexity index is 996. The van der Waals surface area contributed by atoms with Crippen LogP contribution in [0.3, 0.4) is 0 Å². The summed E-state index contributed by atoms with van der Waals surface area (Å²) < 4.78 is 28.2. The van der Waals surface area contributed by atoms with Gasteiger partial charge in [0, 0.05) is 6.04 Å². The molecule has 1 aliphatic heterocycles. The first-order valence-corrected chi connectivity index (χ1v) is 11.2. The monoisotopic (exact) mass is 399 g/mol. The summed E-state index contributed by atoms with van der Waals surface area (Å²) >= 11 is 0. The quantitative estimate of drug-likeness (QED) is 0.818. The number of nitrogens with zero attached hydrogens (tertiary/aromatic N) is 1. The Kier molecular flexibility index (Phi) is 4.79. The number of hydrogen-bond donors (Lipinski definition) is 2. The van der Waals surface area contributed by atoms with Gasteiger partial charge < -0.3 is 10.2 Å². The molecule has 2 N–H and O–H groups in total. The molecule has 28 heavy (non-hydrogen) atoms. The number of nitrogens with one attached hydrogen (secondary N) is 2. The van der Waals surface area contributed by atoms with Crippen molar-refractivity contribution in [3.05, 3.63) is 48.0 Å². The van der Waals surface area contributed by atoms with Gasteiger partial charge >= 0.3 is 0 Å². The SMILES string of the molecule is Cc1ccc(S(=O)(=O)Nc2ccc3c(c2)N(C2CCCC2)C(C)C(=O)N3)cc1. The van der Waals surface area contributed by atoms with Gasteiger partial charge in [0.2, 0.25) is 5.91 Å². The molecule has 2 aromatic rings. The van der Waals surface area contributed by atoms with E-state index in [0.29, 0.717) is 11.7 Å². The van der Waals surface area contributed by atoms with Gasteiger partial charge in [-0.25, -0.2) is 8.42 Å². The lowest BCUT2D eigenvalue weighted by atomic mass is 10.0. The van der Waals surface area contributed by atoms with Gasteiger partial charge in [-0.1, -0.05) is 30.5 Å². The average Bonchev–Trinajstić information content (AvgIpc) is 3.17. The normalized spacial score (nSPS) is 20.0. The van der Waals surface area contributed by atoms with E-state index >= 15 is 0 Å². The third kappa shape index (κ3) is 3.46. The highest BCUT2D eigenvalue weighted by molar-refractivity contribution is 7.92. The van der Waals surface area contributed by atoms with Crippen molar-refractivity contribution < 1.29 is 13.2 Å². The van der Waals surface area contributed by atoms with Crippen molar-refractivity contribution in [2.45, 2.75) is 56.5 Å². The Morgan fingerprint density at radius 3 is 2.43 bits per heavy atom. The molecule has 4 rings (SSSR count). The molecule has 6 nitrogen and oxygen atoms in total. The molecule has 0 aromatic heterocycles. The minimum Gasteiger partial charge on any atom is -0.355 e. The van der Waals surface area contributed by atoms with Crippen molar-refractivity contribution in [3.63, 3.8) is 0 Å². The number of sulfonamides is 1. The molecule has 0 radical (unpaired) electrons. The van der Waals surface area contributed by atoms with Crippen LogP contribution in [0, 0.1) is 6.92 Å². The maximum atomic E-state index is 12.7. The van der Waals surface area contributed by atoms with E-state index in [9.17, 15) is 13.2 Å². The van der Waals surface area contributed by atoms with E-state index in [-0.39, 0.29) is 16.8 Å². The van der Waals surface area contributed by atoms with E-state index < -0.39 is 10.0 Å². The van der Waals surface area contributed by atoms with Gasteiger partial charge in [0.05, 0.1) is 22.0 Å². The van der Waals surface area contributed by atoms with Gasteiger partial charge in [-0.2, -0.15) is 0 Å². The van der Waals surface area contributed by atoms with E-state index in [1.807, 2.05) is 19.9 Å². The second-order valence-corrected chi connectivity index (χ2v) is 9.34. The summed E-state index contributed by atoms with van der Waals surface area (Å²) in [7, 11) is -3.67. The van der Waals surface area contributed by atoms with Crippen LogP contribution in [0.1, 0.15) is 38.2 Å². The molecule has 1 atom stereocenters. The second kappa shape index (κ2) is 7.13. The molecule has 2 aromatic carbocycles. The molecular weight excluding hydrogens is 374 g/mol. The summed E-state index contributed by atoms with van der Waals surface area (Å²) in [5, 5.41) is 2.93. The van der Waals surface area contributed by atoms with Crippen LogP contribution in [0.5, 0.6) is 0 Å². The number of carbonyl (C=O) groups excluding carboxylic acids is 1. The molecule has 1 unspecified atom stereocenters. The molecule has 2 aliphatic rings. The van der Waals surface area contributed by atoms with Crippen molar-refractivity contribution >= 4 is 33.0 Å². The first kappa shape index (κ1) is 18.8. The number of carbonyl (C=O) groups is 1. The number of amides is 1. The van der Waals surface area contributed by atoms with Crippen LogP contribution >= 0.6 is 0 Å². The predicted molar refractivity (Wildman–Crippen MR) is 111 cm³/mol. The van der Waals surface area contributed by atoms with E-state index in [0.717, 1.165) is 42.6 Å². The lowest BCUT2D eigenvalue weighted by Crippen LogP contribution is -2.50. The van der Waals surface area contributed by atoms with Crippen LogP contribution in [0.2, 0.25) is 0 Å². The highest BCUT2D eigenvalue weighted by atomic mass is 32.2. The summed E-state index contributed by atoms with van der Waals surface area (Å²) in [5.74, 6) is -0.0209. The molecule has 1 aliphatic carbocycles. The molecule has 0 bridgehead atoms. The molecule has 1 saturated carbocycles. The zero-order valence-corrected chi connectivity index (χ0v) is 16.9. The summed E-state index contributed by atoms with van der Waals surface area (Å²) in [5.41, 5.74) is 3.10. The third-order valence-corrected chi connectivity index (χ3v) is 7.03. The average molecular weight is 400 g/mol. The number of anilines is 3. The highest BCUT2D eigenvalue weighted by Gasteiger charge is 2.35. The molecule has 7 heteroatoms. The first-order chi connectivity index (χ1) is 13.3. The predicted octanol–water partition coefficient (Wildman–Crippen LogP) is 3.89. The van der Waals surface area contributed by atoms with Crippen LogP contribution in [0.25, 0.3) is 0 Å². The molecule has 0 spiro atoms. The number of rotatable bonds is 4. The van der Waals surface area contributed by atoms with Gasteiger partial charge in [0.1, 0.15) is 6.04 Å². The molecule has 0 saturated heterocycles. The fraction of sp³-hybridized carbons (Fsp3) is 0.381. The standard InChI is InChI=1S/C21H25N3O3S/c1-14-7-10-18(11-8-14)28(26,27)23-16-9-12-19-20(13-16)24(15(2)21(25)22-19)17-5-3-4-6-17/h7-13,15,17,23H,3-6H2,1-2H3,(H,22,25). The van der Waals surface area contributed by atoms with E-state index in [2.05, 4.69) is 14.9 Å². The van der Waals surface area contributed by atoms with Crippen molar-refractivity contribution in [2.24, 2.45) is 0 Å². The van der Waals surface area contributed by atoms with Gasteiger partial charge in [0.25, 0.3) is 10.0 Å². The summed E-state index contributed by atoms with van der Waals surface area (Å²) in [6, 6.07) is 12.1. The van der Waals surface area contributed by atoms with Crippen molar-refractivity contribution in [1.29, 1.82) is 0 Å². The third-order valence-electron chi connectivity index (χ3n) is 5.63. The van der Waals surface area contributed by atoms with Crippen LogP contribution in [-0.2, 0) is 14.8 Å². The number of benzene rings is 2.